The molecule has 1 saturated heterocycles. The minimum absolute atomic E-state index is 0.0383. The summed E-state index contributed by atoms with van der Waals surface area (Å²) in [7, 11) is -3.58. The first-order valence-electron chi connectivity index (χ1n) is 15.5. The van der Waals surface area contributed by atoms with Crippen molar-refractivity contribution in [3.63, 3.8) is 0 Å². The van der Waals surface area contributed by atoms with Crippen LogP contribution in [0.25, 0.3) is 0 Å². The van der Waals surface area contributed by atoms with E-state index in [0.717, 1.165) is 10.5 Å². The van der Waals surface area contributed by atoms with E-state index in [2.05, 4.69) is 49.9 Å². The van der Waals surface area contributed by atoms with E-state index in [1.54, 1.807) is 37.3 Å². The average Bonchev–Trinajstić information content (AvgIpc) is 3.29. The van der Waals surface area contributed by atoms with Gasteiger partial charge in [0.15, 0.2) is 16.6 Å². The number of hydrogen-bond donors (Lipinski definition) is 2. The van der Waals surface area contributed by atoms with Gasteiger partial charge >= 0.3 is 6.03 Å². The van der Waals surface area contributed by atoms with Crippen molar-refractivity contribution >= 4 is 62.8 Å². The molecule has 47 heavy (non-hydrogen) atoms. The van der Waals surface area contributed by atoms with Gasteiger partial charge in [0.25, 0.3) is 5.91 Å². The van der Waals surface area contributed by atoms with Gasteiger partial charge in [-0.25, -0.2) is 14.1 Å². The molecule has 0 bridgehead atoms. The molecule has 4 amide bonds. The Balaban J connectivity index is 1.55. The van der Waals surface area contributed by atoms with Gasteiger partial charge in [-0.2, -0.15) is 0 Å². The molecule has 0 spiro atoms. The Hall–Kier alpha value is -3.12. The quantitative estimate of drug-likeness (QED) is 0.101. The topological polar surface area (TPSA) is 106 Å². The zero-order valence-electron chi connectivity index (χ0n) is 27.8. The lowest BCUT2D eigenvalue weighted by atomic mass is 9.91. The van der Waals surface area contributed by atoms with Crippen molar-refractivity contribution in [3.8, 4) is 5.75 Å². The van der Waals surface area contributed by atoms with Gasteiger partial charge in [-0.1, -0.05) is 49.4 Å². The Morgan fingerprint density at radius 3 is 2.09 bits per heavy atom. The van der Waals surface area contributed by atoms with E-state index < -0.39 is 58.3 Å². The van der Waals surface area contributed by atoms with E-state index in [-0.39, 0.29) is 11.8 Å². The molecule has 252 valence electrons. The molecule has 3 aromatic rings. The smallest absolute Gasteiger partial charge is 0.325 e. The summed E-state index contributed by atoms with van der Waals surface area (Å²) in [5.74, 6) is -1.91. The number of carbonyl (C=O) groups excluding carboxylic acids is 3. The third-order valence-corrected chi connectivity index (χ3v) is 10.2. The van der Waals surface area contributed by atoms with Crippen LogP contribution in [0, 0.1) is 9.39 Å². The monoisotopic (exact) mass is 791 g/mol. The number of ether oxygens (including phenoxy) is 1. The highest BCUT2D eigenvalue weighted by Crippen LogP contribution is 2.32. The Kier molecular flexibility index (Phi) is 12.0. The molecule has 9 nitrogen and oxygen atoms in total. The molecule has 4 rings (SSSR count). The van der Waals surface area contributed by atoms with Crippen molar-refractivity contribution in [3.05, 3.63) is 93.3 Å². The molecule has 13 heteroatoms. The van der Waals surface area contributed by atoms with Crippen LogP contribution in [-0.2, 0) is 18.4 Å². The molecule has 0 unspecified atom stereocenters. The van der Waals surface area contributed by atoms with Crippen molar-refractivity contribution in [2.75, 3.05) is 18.5 Å². The average molecular weight is 792 g/mol. The Bertz CT molecular complexity index is 1550. The van der Waals surface area contributed by atoms with Crippen molar-refractivity contribution in [2.24, 2.45) is 0 Å². The van der Waals surface area contributed by atoms with Crippen LogP contribution in [-0.4, -0.2) is 64.7 Å². The summed E-state index contributed by atoms with van der Waals surface area (Å²) in [6, 6.07) is 17.4. The lowest BCUT2D eigenvalue weighted by Gasteiger charge is -2.30. The summed E-state index contributed by atoms with van der Waals surface area (Å²) in [6.07, 6.45) is -0.320. The molecule has 3 atom stereocenters. The lowest BCUT2D eigenvalue weighted by Crippen LogP contribution is -2.50. The fourth-order valence-electron chi connectivity index (χ4n) is 5.02. The van der Waals surface area contributed by atoms with Gasteiger partial charge in [0.1, 0.15) is 29.8 Å². The largest absolute Gasteiger partial charge is 0.486 e. The second-order valence-electron chi connectivity index (χ2n) is 13.5. The minimum atomic E-state index is -1.79. The second-order valence-corrected chi connectivity index (χ2v) is 23.8. The first-order valence-corrected chi connectivity index (χ1v) is 23.4. The number of nitrogens with one attached hydrogen (secondary N) is 2. The first-order chi connectivity index (χ1) is 22.0. The van der Waals surface area contributed by atoms with Crippen LogP contribution in [0.15, 0.2) is 72.8 Å². The number of nitrogens with zero attached hydrogens (tertiary/aromatic N) is 1. The Morgan fingerprint density at radius 2 is 1.53 bits per heavy atom. The van der Waals surface area contributed by atoms with Crippen molar-refractivity contribution in [1.29, 1.82) is 0 Å². The fourth-order valence-corrected chi connectivity index (χ4v) is 6.85. The number of imide groups is 1. The molecular formula is C34H43FIN3O6Si2. The van der Waals surface area contributed by atoms with Crippen LogP contribution in [0.2, 0.25) is 39.3 Å². The molecular weight excluding hydrogens is 748 g/mol. The minimum Gasteiger partial charge on any atom is -0.486 e. The van der Waals surface area contributed by atoms with Crippen LogP contribution in [0.3, 0.4) is 0 Å². The molecule has 1 aliphatic heterocycles. The van der Waals surface area contributed by atoms with Crippen molar-refractivity contribution in [2.45, 2.75) is 70.3 Å². The van der Waals surface area contributed by atoms with Gasteiger partial charge in [0.2, 0.25) is 5.91 Å². The van der Waals surface area contributed by atoms with E-state index in [1.807, 2.05) is 52.9 Å². The van der Waals surface area contributed by atoms with Gasteiger partial charge < -0.3 is 24.2 Å². The van der Waals surface area contributed by atoms with Gasteiger partial charge in [0, 0.05) is 9.49 Å². The molecule has 1 heterocycles. The molecule has 0 aromatic heterocycles. The van der Waals surface area contributed by atoms with E-state index in [1.165, 1.54) is 12.1 Å². The van der Waals surface area contributed by atoms with E-state index in [0.29, 0.717) is 28.1 Å². The van der Waals surface area contributed by atoms with E-state index in [9.17, 15) is 18.8 Å². The third kappa shape index (κ3) is 10.2. The van der Waals surface area contributed by atoms with Crippen molar-refractivity contribution in [1.82, 2.24) is 10.2 Å². The lowest BCUT2D eigenvalue weighted by molar-refractivity contribution is -0.134. The third-order valence-electron chi connectivity index (χ3n) is 7.43. The number of urea groups is 1. The summed E-state index contributed by atoms with van der Waals surface area (Å²) in [6.45, 7) is 15.2. The zero-order chi connectivity index (χ0) is 34.5. The number of hydrogen-bond acceptors (Lipinski definition) is 6. The number of anilines is 1. The fraction of sp³-hybridized carbons (Fsp3) is 0.382. The predicted molar refractivity (Wildman–Crippen MR) is 194 cm³/mol. The molecule has 2 N–H and O–H groups in total. The van der Waals surface area contributed by atoms with Gasteiger partial charge in [0.05, 0.1) is 18.9 Å². The predicted octanol–water partition coefficient (Wildman–Crippen LogP) is 7.28. The maximum atomic E-state index is 14.7. The molecule has 0 aliphatic carbocycles. The zero-order valence-corrected chi connectivity index (χ0v) is 32.0. The maximum Gasteiger partial charge on any atom is 0.325 e. The van der Waals surface area contributed by atoms with E-state index >= 15 is 0 Å². The van der Waals surface area contributed by atoms with Crippen LogP contribution < -0.4 is 15.4 Å². The Labute approximate surface area is 291 Å². The SMILES string of the molecule is C[C@@H](c1ccccc1)[C@@H](C(=O)Nc1ccc(I)cc1F)N1C(=O)N[C@H](c2ccc(OC(CO[Si](C)(C)C)CO[Si](C)(C)C)cc2)C1=O. The number of halogens is 2. The number of amides is 4. The number of rotatable bonds is 14. The standard InChI is InChI=1S/C34H43FIN3O6Si2/c1-22(23-11-9-8-10-12-23)31(32(40)37-29-18-15-25(36)19-28(29)35)39-33(41)30(38-34(39)42)24-13-16-26(17-14-24)45-27(20-43-46(2,3)4)21-44-47(5,6)7/h8-19,22,27,30-31H,20-21H2,1-7H3,(H,37,40)(H,38,42)/t22-,30+,31-/m0/s1. The second kappa shape index (κ2) is 15.4. The number of carbonyl (C=O) groups is 3. The maximum absolute atomic E-state index is 14.7. The molecule has 0 saturated carbocycles. The molecule has 3 aromatic carbocycles. The summed E-state index contributed by atoms with van der Waals surface area (Å²) in [5, 5.41) is 5.34. The summed E-state index contributed by atoms with van der Waals surface area (Å²) in [5.41, 5.74) is 1.23. The molecule has 1 fully saturated rings. The summed E-state index contributed by atoms with van der Waals surface area (Å²) < 4.78 is 33.8. The summed E-state index contributed by atoms with van der Waals surface area (Å²) in [4.78, 5) is 42.1. The highest BCUT2D eigenvalue weighted by atomic mass is 127. The Morgan fingerprint density at radius 1 is 0.936 bits per heavy atom. The normalized spacial score (nSPS) is 16.6. The van der Waals surface area contributed by atoms with Crippen molar-refractivity contribution < 1.29 is 32.4 Å². The molecule has 0 radical (unpaired) electrons. The molecule has 1 aliphatic rings. The van der Waals surface area contributed by atoms with Gasteiger partial charge in [-0.05, 0) is 103 Å². The summed E-state index contributed by atoms with van der Waals surface area (Å²) >= 11 is 1.98. The van der Waals surface area contributed by atoms with Gasteiger partial charge in [-0.15, -0.1) is 0 Å². The van der Waals surface area contributed by atoms with Gasteiger partial charge in [-0.3, -0.25) is 9.59 Å². The van der Waals surface area contributed by atoms with Crippen LogP contribution in [0.4, 0.5) is 14.9 Å². The van der Waals surface area contributed by atoms with Crippen LogP contribution in [0.5, 0.6) is 5.75 Å². The first kappa shape index (κ1) is 36.7. The van der Waals surface area contributed by atoms with E-state index in [4.69, 9.17) is 13.6 Å². The highest BCUT2D eigenvalue weighted by molar-refractivity contribution is 14.1. The highest BCUT2D eigenvalue weighted by Gasteiger charge is 2.47. The number of benzene rings is 3. The van der Waals surface area contributed by atoms with Crippen LogP contribution >= 0.6 is 22.6 Å². The van der Waals surface area contributed by atoms with Crippen LogP contribution in [0.1, 0.15) is 30.0 Å².